The molecule has 2 N–H and O–H groups in total. The molecule has 4 bridgehead atoms. The van der Waals surface area contributed by atoms with Crippen molar-refractivity contribution in [2.24, 2.45) is 0 Å². The van der Waals surface area contributed by atoms with E-state index < -0.39 is 18.4 Å². The molecular formula is C48H59F2N9O8. The maximum atomic E-state index is 14.1. The van der Waals surface area contributed by atoms with Crippen LogP contribution in [0.15, 0.2) is 61.3 Å². The lowest BCUT2D eigenvalue weighted by Gasteiger charge is -2.41. The van der Waals surface area contributed by atoms with Gasteiger partial charge in [-0.25, -0.2) is 15.0 Å². The Morgan fingerprint density at radius 3 is 1.66 bits per heavy atom. The Hall–Kier alpha value is -6.47. The third-order valence-corrected chi connectivity index (χ3v) is 12.6. The van der Waals surface area contributed by atoms with Gasteiger partial charge in [0.2, 0.25) is 29.2 Å². The Labute approximate surface area is 388 Å². The van der Waals surface area contributed by atoms with Crippen LogP contribution in [-0.2, 0) is 26.2 Å². The molecule has 5 aromatic heterocycles. The van der Waals surface area contributed by atoms with E-state index in [0.29, 0.717) is 47.6 Å². The molecule has 0 unspecified atom stereocenters. The first kappa shape index (κ1) is 45.7. The monoisotopic (exact) mass is 927 g/mol. The van der Waals surface area contributed by atoms with Crippen LogP contribution < -0.4 is 29.6 Å². The molecule has 67 heavy (non-hydrogen) atoms. The van der Waals surface area contributed by atoms with Crippen LogP contribution in [-0.4, -0.2) is 95.9 Å². The van der Waals surface area contributed by atoms with Crippen molar-refractivity contribution in [3.63, 3.8) is 0 Å². The van der Waals surface area contributed by atoms with Crippen LogP contribution in [0.3, 0.4) is 0 Å². The molecule has 17 nitrogen and oxygen atoms in total. The highest BCUT2D eigenvalue weighted by Gasteiger charge is 2.62. The molecule has 2 aliphatic carbocycles. The zero-order chi connectivity index (χ0) is 47.7. The van der Waals surface area contributed by atoms with Gasteiger partial charge >= 0.3 is 5.92 Å². The van der Waals surface area contributed by atoms with Crippen LogP contribution >= 0.6 is 0 Å². The number of pyridine rings is 1. The first-order valence-corrected chi connectivity index (χ1v) is 22.6. The zero-order valence-electron chi connectivity index (χ0n) is 39.0. The summed E-state index contributed by atoms with van der Waals surface area (Å²) in [5.74, 6) is -2.46. The average Bonchev–Trinajstić information content (AvgIpc) is 4.15. The number of alkyl halides is 2. The topological polar surface area (TPSA) is 187 Å². The van der Waals surface area contributed by atoms with E-state index in [2.05, 4.69) is 39.4 Å². The highest BCUT2D eigenvalue weighted by molar-refractivity contribution is 6.07. The largest absolute Gasteiger partial charge is 0.486 e. The number of benzene rings is 1. The number of fused-ring (bicyclic) bond motifs is 5. The summed E-state index contributed by atoms with van der Waals surface area (Å²) in [4.78, 5) is 48.7. The van der Waals surface area contributed by atoms with E-state index in [0.717, 1.165) is 37.1 Å². The quantitative estimate of drug-likeness (QED) is 0.126. The minimum absolute atomic E-state index is 0. The number of para-hydroxylation sites is 1. The minimum Gasteiger partial charge on any atom is -0.486 e. The van der Waals surface area contributed by atoms with Crippen molar-refractivity contribution in [3.8, 4) is 23.4 Å². The van der Waals surface area contributed by atoms with Gasteiger partial charge in [0.05, 0.1) is 66.2 Å². The van der Waals surface area contributed by atoms with Crippen molar-refractivity contribution in [2.75, 3.05) is 37.6 Å². The molecule has 10 heterocycles. The summed E-state index contributed by atoms with van der Waals surface area (Å²) in [5, 5.41) is 5.64. The summed E-state index contributed by atoms with van der Waals surface area (Å²) < 4.78 is 65.6. The second kappa shape index (κ2) is 16.7. The van der Waals surface area contributed by atoms with Gasteiger partial charge in [0.1, 0.15) is 22.7 Å². The van der Waals surface area contributed by atoms with Crippen LogP contribution in [0, 0.1) is 0 Å². The van der Waals surface area contributed by atoms with Crippen molar-refractivity contribution in [1.82, 2.24) is 33.7 Å². The summed E-state index contributed by atoms with van der Waals surface area (Å²) in [5.41, 5.74) is 2.38. The number of anilines is 2. The normalized spacial score (nSPS) is 24.7. The number of rotatable bonds is 11. The summed E-state index contributed by atoms with van der Waals surface area (Å²) >= 11 is 0. The van der Waals surface area contributed by atoms with Crippen molar-refractivity contribution >= 4 is 34.7 Å². The van der Waals surface area contributed by atoms with Crippen molar-refractivity contribution in [3.05, 3.63) is 89.4 Å². The van der Waals surface area contributed by atoms with Gasteiger partial charge in [0, 0.05) is 44.7 Å². The van der Waals surface area contributed by atoms with E-state index in [1.54, 1.807) is 35.1 Å². The number of hydrogen-bond acceptors (Lipinski definition) is 13. The number of hydrogen-bond donors (Lipinski definition) is 2. The molecule has 6 aromatic rings. The van der Waals surface area contributed by atoms with E-state index >= 15 is 0 Å². The number of carbonyl (C=O) groups excluding carboxylic acids is 2. The lowest BCUT2D eigenvalue weighted by atomic mass is 9.62. The van der Waals surface area contributed by atoms with Gasteiger partial charge in [-0.1, -0.05) is 19.9 Å². The summed E-state index contributed by atoms with van der Waals surface area (Å²) in [6.45, 7) is 16.3. The standard InChI is InChI=1S/C24H24F2N4O4.C22H25N5O4.C2H6.2H2/c1-13(2)34-20-16(27-19(31)14-5-4-6-15-18(14)32-12-24(15,25)26)7-30-8-17(28-21(30)29-20)23-9-22(3,10-23)33-11-23;1-13(2)31-19-15(24-17(28)14-6-5-7-23-18(14)29-4)8-27-9-16(25-20(27)26-19)22-10-21(3,11-22)30-12-22;1-2;;/h4-8,13H,9-12H2,1-3H3,(H,27,31);5-9,13H,10-12H2,1-4H3,(H,24,28);1-2H3;2*1H. The van der Waals surface area contributed by atoms with Crippen LogP contribution in [0.4, 0.5) is 20.2 Å². The van der Waals surface area contributed by atoms with Gasteiger partial charge in [0.15, 0.2) is 6.61 Å². The van der Waals surface area contributed by atoms with Crippen molar-refractivity contribution in [1.29, 1.82) is 0 Å². The van der Waals surface area contributed by atoms with Gasteiger partial charge in [-0.3, -0.25) is 18.4 Å². The second-order valence-electron chi connectivity index (χ2n) is 18.8. The number of halogens is 2. The van der Waals surface area contributed by atoms with Crippen molar-refractivity contribution < 1.29 is 49.6 Å². The van der Waals surface area contributed by atoms with E-state index in [9.17, 15) is 18.4 Å². The van der Waals surface area contributed by atoms with Gasteiger partial charge in [-0.15, -0.1) is 0 Å². The number of aromatic nitrogens is 7. The molecule has 1 aromatic carbocycles. The maximum absolute atomic E-state index is 14.1. The Morgan fingerprint density at radius 2 is 1.19 bits per heavy atom. The Morgan fingerprint density at radius 1 is 0.701 bits per heavy atom. The molecule has 7 aliphatic rings. The number of carbonyl (C=O) groups is 2. The predicted molar refractivity (Wildman–Crippen MR) is 246 cm³/mol. The molecule has 19 heteroatoms. The molecule has 2 saturated carbocycles. The predicted octanol–water partition coefficient (Wildman–Crippen LogP) is 8.58. The van der Waals surface area contributed by atoms with Gasteiger partial charge in [-0.2, -0.15) is 18.7 Å². The highest BCUT2D eigenvalue weighted by Crippen LogP contribution is 2.59. The lowest BCUT2D eigenvalue weighted by Crippen LogP contribution is -2.45. The summed E-state index contributed by atoms with van der Waals surface area (Å²) in [6, 6.07) is 7.47. The molecule has 4 saturated heterocycles. The first-order valence-electron chi connectivity index (χ1n) is 22.6. The molecular weight excluding hydrogens is 869 g/mol. The fourth-order valence-electron chi connectivity index (χ4n) is 9.93. The molecule has 358 valence electrons. The number of imidazole rings is 2. The minimum atomic E-state index is -3.13. The number of methoxy groups -OCH3 is 1. The van der Waals surface area contributed by atoms with Gasteiger partial charge in [0.25, 0.3) is 11.8 Å². The van der Waals surface area contributed by atoms with Crippen LogP contribution in [0.2, 0.25) is 0 Å². The summed E-state index contributed by atoms with van der Waals surface area (Å²) in [6.07, 6.45) is 12.3. The molecule has 13 rings (SSSR count). The fourth-order valence-corrected chi connectivity index (χ4v) is 9.93. The molecule has 0 atom stereocenters. The van der Waals surface area contributed by atoms with Gasteiger partial charge < -0.3 is 39.1 Å². The average molecular weight is 928 g/mol. The molecule has 0 spiro atoms. The third kappa shape index (κ3) is 8.25. The molecule has 6 fully saturated rings. The maximum Gasteiger partial charge on any atom is 0.310 e. The number of amides is 2. The highest BCUT2D eigenvalue weighted by atomic mass is 19.3. The molecule has 2 amide bonds. The second-order valence-corrected chi connectivity index (χ2v) is 18.8. The van der Waals surface area contributed by atoms with E-state index in [1.165, 1.54) is 25.3 Å². The Kier molecular flexibility index (Phi) is 11.4. The van der Waals surface area contributed by atoms with Crippen LogP contribution in [0.25, 0.3) is 11.6 Å². The lowest BCUT2D eigenvalue weighted by molar-refractivity contribution is -0.0214. The van der Waals surface area contributed by atoms with Gasteiger partial charge in [-0.05, 0) is 91.5 Å². The fraction of sp³-hybridized carbons (Fsp3) is 0.479. The molecule has 0 radical (unpaired) electrons. The number of nitrogens with zero attached hydrogens (tertiary/aromatic N) is 7. The Bertz CT molecular complexity index is 2900. The van der Waals surface area contributed by atoms with E-state index in [-0.39, 0.29) is 71.6 Å². The zero-order valence-corrected chi connectivity index (χ0v) is 39.0. The van der Waals surface area contributed by atoms with E-state index in [4.69, 9.17) is 38.4 Å². The Balaban J connectivity index is 0.000000192. The third-order valence-electron chi connectivity index (χ3n) is 12.6. The number of nitrogens with one attached hydrogen (secondary N) is 2. The SMILES string of the molecule is CC.CC(C)Oc1nc2nc(C34COC(C)(C3)C4)cn2cc1NC(=O)c1cccc2c1OCC2(F)F.COc1ncccc1C(=O)Nc1cn2cc(C34COC(C)(C3)C4)nc2nc1OC(C)C.[HH].[HH]. The van der Waals surface area contributed by atoms with Crippen molar-refractivity contribution in [2.45, 2.75) is 121 Å². The number of ether oxygens (including phenoxy) is 6. The molecule has 5 aliphatic heterocycles. The first-order chi connectivity index (χ1) is 31.9. The van der Waals surface area contributed by atoms with Crippen LogP contribution in [0.1, 0.15) is 122 Å². The van der Waals surface area contributed by atoms with Crippen LogP contribution in [0.5, 0.6) is 23.4 Å². The van der Waals surface area contributed by atoms with E-state index in [1.807, 2.05) is 58.3 Å². The smallest absolute Gasteiger partial charge is 0.310 e. The summed E-state index contributed by atoms with van der Waals surface area (Å²) in [7, 11) is 1.48.